The summed E-state index contributed by atoms with van der Waals surface area (Å²) in [4.78, 5) is 13.6. The zero-order valence-electron chi connectivity index (χ0n) is 11.1. The van der Waals surface area contributed by atoms with Crippen LogP contribution in [0.1, 0.15) is 25.5 Å². The molecule has 0 saturated carbocycles. The Kier molecular flexibility index (Phi) is 6.83. The van der Waals surface area contributed by atoms with E-state index in [1.54, 1.807) is 11.8 Å². The van der Waals surface area contributed by atoms with Gasteiger partial charge in [-0.1, -0.05) is 30.3 Å². The van der Waals surface area contributed by atoms with Gasteiger partial charge in [0.2, 0.25) is 5.91 Å². The van der Waals surface area contributed by atoms with Gasteiger partial charge in [0.1, 0.15) is 0 Å². The van der Waals surface area contributed by atoms with Crippen LogP contribution in [0.25, 0.3) is 0 Å². The average Bonchev–Trinajstić information content (AvgIpc) is 2.41. The third-order valence-electron chi connectivity index (χ3n) is 2.87. The van der Waals surface area contributed by atoms with Gasteiger partial charge in [-0.25, -0.2) is 0 Å². The minimum absolute atomic E-state index is 0.000651. The van der Waals surface area contributed by atoms with Gasteiger partial charge in [0, 0.05) is 24.9 Å². The molecular weight excluding hydrogens is 244 g/mol. The van der Waals surface area contributed by atoms with Gasteiger partial charge in [0.25, 0.3) is 0 Å². The molecule has 0 heterocycles. The first-order chi connectivity index (χ1) is 8.69. The number of nitrogens with two attached hydrogens (primary N) is 1. The molecule has 1 aromatic rings. The van der Waals surface area contributed by atoms with E-state index in [9.17, 15) is 4.79 Å². The number of amides is 1. The van der Waals surface area contributed by atoms with Crippen molar-refractivity contribution in [2.75, 3.05) is 24.6 Å². The van der Waals surface area contributed by atoms with Gasteiger partial charge >= 0.3 is 0 Å². The van der Waals surface area contributed by atoms with E-state index >= 15 is 0 Å². The van der Waals surface area contributed by atoms with E-state index in [0.717, 1.165) is 24.4 Å². The maximum absolute atomic E-state index is 11.8. The Bertz CT molecular complexity index is 352. The predicted octanol–water partition coefficient (Wildman–Crippen LogP) is 2.29. The van der Waals surface area contributed by atoms with Crippen LogP contribution in [0.5, 0.6) is 0 Å². The molecule has 3 nitrogen and oxygen atoms in total. The summed E-state index contributed by atoms with van der Waals surface area (Å²) in [5.74, 6) is 1.49. The van der Waals surface area contributed by atoms with Crippen LogP contribution in [0.15, 0.2) is 30.3 Å². The van der Waals surface area contributed by atoms with E-state index in [1.165, 1.54) is 0 Å². The minimum Gasteiger partial charge on any atom is -0.343 e. The molecule has 0 spiro atoms. The quantitative estimate of drug-likeness (QED) is 0.823. The molecule has 0 fully saturated rings. The normalized spacial score (nSPS) is 12.2. The smallest absolute Gasteiger partial charge is 0.232 e. The molecule has 0 aliphatic heterocycles. The van der Waals surface area contributed by atoms with Crippen molar-refractivity contribution in [1.82, 2.24) is 4.90 Å². The first-order valence-electron chi connectivity index (χ1n) is 6.35. The van der Waals surface area contributed by atoms with Gasteiger partial charge < -0.3 is 10.6 Å². The number of hydrogen-bond donors (Lipinski definition) is 1. The number of rotatable bonds is 7. The topological polar surface area (TPSA) is 46.3 Å². The predicted molar refractivity (Wildman–Crippen MR) is 78.6 cm³/mol. The Morgan fingerprint density at radius 3 is 2.44 bits per heavy atom. The molecule has 1 aromatic carbocycles. The van der Waals surface area contributed by atoms with Crippen LogP contribution >= 0.6 is 11.8 Å². The Hall–Kier alpha value is -1.00. The van der Waals surface area contributed by atoms with Crippen LogP contribution in [-0.4, -0.2) is 35.4 Å². The highest BCUT2D eigenvalue weighted by Crippen LogP contribution is 2.15. The number of benzene rings is 1. The third kappa shape index (κ3) is 4.70. The number of carbonyl (C=O) groups is 1. The maximum atomic E-state index is 11.8. The molecule has 0 saturated heterocycles. The van der Waals surface area contributed by atoms with Crippen molar-refractivity contribution >= 4 is 17.7 Å². The second-order valence-electron chi connectivity index (χ2n) is 4.10. The maximum Gasteiger partial charge on any atom is 0.232 e. The molecule has 0 aromatic heterocycles. The van der Waals surface area contributed by atoms with Crippen molar-refractivity contribution in [3.8, 4) is 0 Å². The molecule has 100 valence electrons. The van der Waals surface area contributed by atoms with E-state index in [0.29, 0.717) is 5.75 Å². The van der Waals surface area contributed by atoms with Crippen molar-refractivity contribution in [1.29, 1.82) is 0 Å². The Balaban J connectivity index is 2.32. The summed E-state index contributed by atoms with van der Waals surface area (Å²) in [5.41, 5.74) is 7.20. The van der Waals surface area contributed by atoms with E-state index < -0.39 is 0 Å². The highest BCUT2D eigenvalue weighted by molar-refractivity contribution is 7.99. The van der Waals surface area contributed by atoms with Crippen LogP contribution in [0.3, 0.4) is 0 Å². The van der Waals surface area contributed by atoms with Gasteiger partial charge in [-0.3, -0.25) is 4.79 Å². The molecule has 0 aliphatic rings. The lowest BCUT2D eigenvalue weighted by atomic mass is 10.1. The molecule has 1 atom stereocenters. The molecule has 1 amide bonds. The zero-order chi connectivity index (χ0) is 13.4. The molecule has 18 heavy (non-hydrogen) atoms. The summed E-state index contributed by atoms with van der Waals surface area (Å²) in [6.45, 7) is 5.56. The first-order valence-corrected chi connectivity index (χ1v) is 7.50. The lowest BCUT2D eigenvalue weighted by Crippen LogP contribution is -2.32. The Morgan fingerprint density at radius 1 is 1.28 bits per heavy atom. The summed E-state index contributed by atoms with van der Waals surface area (Å²) >= 11 is 1.61. The second kappa shape index (κ2) is 8.16. The SMILES string of the molecule is CCN(CC)C(=O)CSCC(N)c1ccccc1. The van der Waals surface area contributed by atoms with Crippen LogP contribution < -0.4 is 5.73 Å². The molecule has 2 N–H and O–H groups in total. The Labute approximate surface area is 114 Å². The summed E-state index contributed by atoms with van der Waals surface area (Å²) < 4.78 is 0. The molecule has 4 heteroatoms. The molecule has 0 radical (unpaired) electrons. The van der Waals surface area contributed by atoms with Gasteiger partial charge in [-0.15, -0.1) is 0 Å². The summed E-state index contributed by atoms with van der Waals surface area (Å²) in [5, 5.41) is 0. The minimum atomic E-state index is 0.000651. The monoisotopic (exact) mass is 266 g/mol. The molecule has 1 unspecified atom stereocenters. The van der Waals surface area contributed by atoms with E-state index in [4.69, 9.17) is 5.73 Å². The Morgan fingerprint density at radius 2 is 1.89 bits per heavy atom. The molecule has 0 bridgehead atoms. The largest absolute Gasteiger partial charge is 0.343 e. The first kappa shape index (κ1) is 15.1. The van der Waals surface area contributed by atoms with Gasteiger partial charge in [-0.05, 0) is 19.4 Å². The number of nitrogens with zero attached hydrogens (tertiary/aromatic N) is 1. The van der Waals surface area contributed by atoms with Crippen molar-refractivity contribution in [2.45, 2.75) is 19.9 Å². The van der Waals surface area contributed by atoms with Gasteiger partial charge in [0.15, 0.2) is 0 Å². The van der Waals surface area contributed by atoms with Crippen LogP contribution in [0.4, 0.5) is 0 Å². The molecule has 0 aliphatic carbocycles. The fourth-order valence-electron chi connectivity index (χ4n) is 1.74. The van der Waals surface area contributed by atoms with Crippen molar-refractivity contribution < 1.29 is 4.79 Å². The fraction of sp³-hybridized carbons (Fsp3) is 0.500. The molecular formula is C14H22N2OS. The van der Waals surface area contributed by atoms with Crippen LogP contribution in [-0.2, 0) is 4.79 Å². The van der Waals surface area contributed by atoms with Gasteiger partial charge in [-0.2, -0.15) is 11.8 Å². The lowest BCUT2D eigenvalue weighted by molar-refractivity contribution is -0.127. The standard InChI is InChI=1S/C14H22N2OS/c1-3-16(4-2)14(17)11-18-10-13(15)12-8-6-5-7-9-12/h5-9,13H,3-4,10-11,15H2,1-2H3. The number of hydrogen-bond acceptors (Lipinski definition) is 3. The fourth-order valence-corrected chi connectivity index (χ4v) is 2.66. The third-order valence-corrected chi connectivity index (χ3v) is 3.91. The summed E-state index contributed by atoms with van der Waals surface area (Å²) in [6.07, 6.45) is 0. The van der Waals surface area contributed by atoms with Gasteiger partial charge in [0.05, 0.1) is 5.75 Å². The van der Waals surface area contributed by atoms with Crippen LogP contribution in [0, 0.1) is 0 Å². The molecule has 1 rings (SSSR count). The summed E-state index contributed by atoms with van der Waals surface area (Å²) in [7, 11) is 0. The van der Waals surface area contributed by atoms with Crippen LogP contribution in [0.2, 0.25) is 0 Å². The summed E-state index contributed by atoms with van der Waals surface area (Å²) in [6, 6.07) is 10.0. The lowest BCUT2D eigenvalue weighted by Gasteiger charge is -2.19. The van der Waals surface area contributed by atoms with E-state index in [1.807, 2.05) is 49.1 Å². The highest BCUT2D eigenvalue weighted by Gasteiger charge is 2.11. The number of carbonyl (C=O) groups excluding carboxylic acids is 1. The van der Waals surface area contributed by atoms with Crippen molar-refractivity contribution in [2.24, 2.45) is 5.73 Å². The van der Waals surface area contributed by atoms with E-state index in [2.05, 4.69) is 0 Å². The van der Waals surface area contributed by atoms with E-state index in [-0.39, 0.29) is 11.9 Å². The van der Waals surface area contributed by atoms with Crippen molar-refractivity contribution in [3.63, 3.8) is 0 Å². The number of thioether (sulfide) groups is 1. The van der Waals surface area contributed by atoms with Crippen molar-refractivity contribution in [3.05, 3.63) is 35.9 Å². The highest BCUT2D eigenvalue weighted by atomic mass is 32.2. The zero-order valence-corrected chi connectivity index (χ0v) is 12.0. The average molecular weight is 266 g/mol. The second-order valence-corrected chi connectivity index (χ2v) is 5.13.